The van der Waals surface area contributed by atoms with Gasteiger partial charge in [-0.05, 0) is 14.0 Å². The Labute approximate surface area is 113 Å². The summed E-state index contributed by atoms with van der Waals surface area (Å²) in [6.45, 7) is 6.34. The summed E-state index contributed by atoms with van der Waals surface area (Å²) in [5, 5.41) is 5.00. The fraction of sp³-hybridized carbons (Fsp3) is 0.727. The zero-order chi connectivity index (χ0) is 13.7. The molecule has 2 N–H and O–H groups in total. The van der Waals surface area contributed by atoms with Crippen LogP contribution in [-0.4, -0.2) is 71.7 Å². The molecule has 8 heteroatoms. The van der Waals surface area contributed by atoms with Crippen molar-refractivity contribution in [3.05, 3.63) is 0 Å². The van der Waals surface area contributed by atoms with Crippen LogP contribution in [0.5, 0.6) is 6.01 Å². The molecule has 1 aliphatic rings. The lowest BCUT2D eigenvalue weighted by atomic mass is 10.4. The summed E-state index contributed by atoms with van der Waals surface area (Å²) in [7, 11) is 3.89. The van der Waals surface area contributed by atoms with Crippen LogP contribution in [0.4, 0.5) is 11.9 Å². The summed E-state index contributed by atoms with van der Waals surface area (Å²) in [6.07, 6.45) is 0. The Bertz CT molecular complexity index is 406. The zero-order valence-electron chi connectivity index (χ0n) is 11.7. The number of piperazine rings is 1. The molecule has 0 amide bonds. The van der Waals surface area contributed by atoms with E-state index in [4.69, 9.17) is 4.74 Å². The monoisotopic (exact) mass is 267 g/mol. The lowest BCUT2D eigenvalue weighted by Gasteiger charge is -2.32. The van der Waals surface area contributed by atoms with Crippen LogP contribution < -0.4 is 15.5 Å². The molecule has 0 aromatic carbocycles. The first-order chi connectivity index (χ1) is 9.21. The van der Waals surface area contributed by atoms with Crippen molar-refractivity contribution in [1.29, 1.82) is 0 Å². The van der Waals surface area contributed by atoms with Crippen molar-refractivity contribution in [1.82, 2.24) is 24.9 Å². The zero-order valence-corrected chi connectivity index (χ0v) is 11.7. The molecule has 2 heterocycles. The molecule has 1 aliphatic heterocycles. The first-order valence-electron chi connectivity index (χ1n) is 6.48. The average Bonchev–Trinajstić information content (AvgIpc) is 2.41. The molecule has 1 aromatic rings. The highest BCUT2D eigenvalue weighted by Gasteiger charge is 2.15. The van der Waals surface area contributed by atoms with Crippen molar-refractivity contribution in [2.24, 2.45) is 0 Å². The van der Waals surface area contributed by atoms with Crippen LogP contribution in [0.25, 0.3) is 0 Å². The van der Waals surface area contributed by atoms with E-state index < -0.39 is 0 Å². The van der Waals surface area contributed by atoms with Gasteiger partial charge >= 0.3 is 6.01 Å². The number of hydrogen-bond donors (Lipinski definition) is 2. The molecule has 0 bridgehead atoms. The summed E-state index contributed by atoms with van der Waals surface area (Å²) < 4.78 is 5.33. The molecule has 19 heavy (non-hydrogen) atoms. The highest BCUT2D eigenvalue weighted by Crippen LogP contribution is 2.12. The maximum Gasteiger partial charge on any atom is 0.323 e. The molecule has 1 saturated heterocycles. The van der Waals surface area contributed by atoms with Crippen molar-refractivity contribution in [2.75, 3.05) is 57.6 Å². The third-order valence-electron chi connectivity index (χ3n) is 2.87. The molecule has 0 unspecified atom stereocenters. The summed E-state index contributed by atoms with van der Waals surface area (Å²) in [5.41, 5.74) is 3.20. The van der Waals surface area contributed by atoms with E-state index in [0.717, 1.165) is 26.2 Å². The summed E-state index contributed by atoms with van der Waals surface area (Å²) in [4.78, 5) is 14.9. The van der Waals surface area contributed by atoms with Crippen LogP contribution in [0, 0.1) is 0 Å². The molecule has 106 valence electrons. The van der Waals surface area contributed by atoms with Gasteiger partial charge in [-0.1, -0.05) is 0 Å². The summed E-state index contributed by atoms with van der Waals surface area (Å²) in [6, 6.07) is 0.332. The third-order valence-corrected chi connectivity index (χ3v) is 2.87. The van der Waals surface area contributed by atoms with Crippen LogP contribution in [0.2, 0.25) is 0 Å². The average molecular weight is 267 g/mol. The van der Waals surface area contributed by atoms with E-state index in [-0.39, 0.29) is 0 Å². The van der Waals surface area contributed by atoms with Gasteiger partial charge in [0.15, 0.2) is 0 Å². The predicted octanol–water partition coefficient (Wildman–Crippen LogP) is -0.114. The van der Waals surface area contributed by atoms with Crippen molar-refractivity contribution in [3.63, 3.8) is 0 Å². The third kappa shape index (κ3) is 3.90. The number of aromatic nitrogens is 3. The lowest BCUT2D eigenvalue weighted by Crippen LogP contribution is -2.47. The second-order valence-electron chi connectivity index (χ2n) is 4.35. The number of likely N-dealkylation sites (N-methyl/N-ethyl adjacent to an activating group) is 1. The number of hydrogen-bond acceptors (Lipinski definition) is 8. The molecular weight excluding hydrogens is 246 g/mol. The molecule has 1 fully saturated rings. The fourth-order valence-corrected chi connectivity index (χ4v) is 1.77. The molecule has 0 spiro atoms. The Morgan fingerprint density at radius 3 is 2.42 bits per heavy atom. The highest BCUT2D eigenvalue weighted by atomic mass is 16.5. The van der Waals surface area contributed by atoms with E-state index in [0.29, 0.717) is 24.5 Å². The maximum atomic E-state index is 5.33. The molecule has 0 radical (unpaired) electrons. The van der Waals surface area contributed by atoms with Gasteiger partial charge in [-0.15, -0.1) is 0 Å². The van der Waals surface area contributed by atoms with E-state index in [1.807, 2.05) is 6.92 Å². The Morgan fingerprint density at radius 1 is 1.11 bits per heavy atom. The molecule has 0 saturated carbocycles. The number of anilines is 2. The van der Waals surface area contributed by atoms with Crippen LogP contribution in [0.3, 0.4) is 0 Å². The Morgan fingerprint density at radius 2 is 1.79 bits per heavy atom. The summed E-state index contributed by atoms with van der Waals surface area (Å²) >= 11 is 0. The van der Waals surface area contributed by atoms with Gasteiger partial charge in [-0.2, -0.15) is 15.0 Å². The first-order valence-corrected chi connectivity index (χ1v) is 6.48. The molecule has 8 nitrogen and oxygen atoms in total. The number of rotatable bonds is 5. The van der Waals surface area contributed by atoms with Gasteiger partial charge in [0.05, 0.1) is 6.61 Å². The van der Waals surface area contributed by atoms with Gasteiger partial charge in [0, 0.05) is 33.2 Å². The summed E-state index contributed by atoms with van der Waals surface area (Å²) in [5.74, 6) is 1.00. The topological polar surface area (TPSA) is 78.4 Å². The van der Waals surface area contributed by atoms with Gasteiger partial charge in [-0.3, -0.25) is 5.43 Å². The molecule has 2 rings (SSSR count). The van der Waals surface area contributed by atoms with Gasteiger partial charge in [0.25, 0.3) is 0 Å². The van der Waals surface area contributed by atoms with E-state index >= 15 is 0 Å². The second kappa shape index (κ2) is 6.48. The van der Waals surface area contributed by atoms with Gasteiger partial charge in [0.1, 0.15) is 0 Å². The Balaban J connectivity index is 2.04. The first kappa shape index (κ1) is 13.8. The predicted molar refractivity (Wildman–Crippen MR) is 73.2 cm³/mol. The van der Waals surface area contributed by atoms with Gasteiger partial charge in [0.2, 0.25) is 11.9 Å². The molecular formula is C11H21N7O. The largest absolute Gasteiger partial charge is 0.464 e. The van der Waals surface area contributed by atoms with Crippen molar-refractivity contribution in [3.8, 4) is 6.01 Å². The fourth-order valence-electron chi connectivity index (χ4n) is 1.77. The normalized spacial score (nSPS) is 17.2. The molecule has 0 aliphatic carbocycles. The van der Waals surface area contributed by atoms with Crippen LogP contribution in [-0.2, 0) is 0 Å². The maximum absolute atomic E-state index is 5.33. The van der Waals surface area contributed by atoms with Gasteiger partial charge < -0.3 is 15.0 Å². The Kier molecular flexibility index (Phi) is 4.69. The van der Waals surface area contributed by atoms with Crippen LogP contribution in [0.15, 0.2) is 0 Å². The minimum absolute atomic E-state index is 0.332. The SMILES string of the molecule is CCOc1nc(NC)nc(NN2CCN(C)CC2)n1. The van der Waals surface area contributed by atoms with E-state index in [2.05, 4.69) is 42.7 Å². The molecule has 1 aromatic heterocycles. The van der Waals surface area contributed by atoms with Crippen LogP contribution >= 0.6 is 0 Å². The van der Waals surface area contributed by atoms with Crippen LogP contribution in [0.1, 0.15) is 6.92 Å². The van der Waals surface area contributed by atoms with E-state index in [9.17, 15) is 0 Å². The quantitative estimate of drug-likeness (QED) is 0.765. The minimum atomic E-state index is 0.332. The smallest absolute Gasteiger partial charge is 0.323 e. The standard InChI is InChI=1S/C11H21N7O/c1-4-19-11-14-9(12-2)13-10(15-11)16-18-7-5-17(3)6-8-18/h4-8H2,1-3H3,(H2,12,13,14,15,16). The van der Waals surface area contributed by atoms with Crippen molar-refractivity contribution < 1.29 is 4.74 Å². The minimum Gasteiger partial charge on any atom is -0.464 e. The molecule has 0 atom stereocenters. The Hall–Kier alpha value is -1.67. The van der Waals surface area contributed by atoms with Crippen molar-refractivity contribution >= 4 is 11.9 Å². The van der Waals surface area contributed by atoms with E-state index in [1.165, 1.54) is 0 Å². The number of nitrogens with one attached hydrogen (secondary N) is 2. The number of nitrogens with zero attached hydrogens (tertiary/aromatic N) is 5. The van der Waals surface area contributed by atoms with Crippen molar-refractivity contribution in [2.45, 2.75) is 6.92 Å². The number of ether oxygens (including phenoxy) is 1. The second-order valence-corrected chi connectivity index (χ2v) is 4.35. The van der Waals surface area contributed by atoms with Gasteiger partial charge in [-0.25, -0.2) is 5.01 Å². The highest BCUT2D eigenvalue weighted by molar-refractivity contribution is 5.34. The lowest BCUT2D eigenvalue weighted by molar-refractivity contribution is 0.177. The van der Waals surface area contributed by atoms with E-state index in [1.54, 1.807) is 7.05 Å². The number of hydrazine groups is 1.